The lowest BCUT2D eigenvalue weighted by Crippen LogP contribution is -2.47. The van der Waals surface area contributed by atoms with Gasteiger partial charge in [-0.05, 0) is 38.2 Å². The molecule has 0 spiro atoms. The first-order chi connectivity index (χ1) is 9.88. The van der Waals surface area contributed by atoms with Gasteiger partial charge in [-0.15, -0.1) is 0 Å². The quantitative estimate of drug-likeness (QED) is 0.705. The molecule has 1 aliphatic rings. The number of hydrogen-bond acceptors (Lipinski definition) is 3. The van der Waals surface area contributed by atoms with Gasteiger partial charge in [0, 0.05) is 13.1 Å². The molecular formula is C16H22N2O3. The molecule has 0 aromatic heterocycles. The Morgan fingerprint density at radius 1 is 1.19 bits per heavy atom. The largest absolute Gasteiger partial charge is 0.388 e. The Kier molecular flexibility index (Phi) is 4.63. The third kappa shape index (κ3) is 4.56. The molecule has 21 heavy (non-hydrogen) atoms. The van der Waals surface area contributed by atoms with Gasteiger partial charge in [-0.2, -0.15) is 0 Å². The molecule has 0 heterocycles. The lowest BCUT2D eigenvalue weighted by molar-refractivity contribution is -0.140. The molecule has 1 unspecified atom stereocenters. The predicted octanol–water partition coefficient (Wildman–Crippen LogP) is 0.888. The maximum Gasteiger partial charge on any atom is 0.309 e. The Morgan fingerprint density at radius 3 is 2.33 bits per heavy atom. The maximum atomic E-state index is 11.7. The molecule has 114 valence electrons. The number of benzene rings is 1. The lowest BCUT2D eigenvalue weighted by Gasteiger charge is -2.22. The normalized spacial score (nSPS) is 16.9. The highest BCUT2D eigenvalue weighted by molar-refractivity contribution is 6.35. The van der Waals surface area contributed by atoms with E-state index in [2.05, 4.69) is 10.6 Å². The molecule has 0 aliphatic heterocycles. The summed E-state index contributed by atoms with van der Waals surface area (Å²) in [5.41, 5.74) is 1.16. The van der Waals surface area contributed by atoms with E-state index in [0.29, 0.717) is 6.54 Å². The molecule has 2 rings (SSSR count). The van der Waals surface area contributed by atoms with Crippen LogP contribution < -0.4 is 10.6 Å². The van der Waals surface area contributed by atoms with Crippen molar-refractivity contribution in [1.82, 2.24) is 10.6 Å². The second-order valence-electron chi connectivity index (χ2n) is 5.98. The smallest absolute Gasteiger partial charge is 0.309 e. The van der Waals surface area contributed by atoms with E-state index in [-0.39, 0.29) is 12.5 Å². The van der Waals surface area contributed by atoms with E-state index in [1.54, 1.807) is 6.92 Å². The third-order valence-electron chi connectivity index (χ3n) is 3.84. The van der Waals surface area contributed by atoms with Crippen molar-refractivity contribution >= 4 is 11.8 Å². The van der Waals surface area contributed by atoms with Crippen LogP contribution in [0.2, 0.25) is 0 Å². The zero-order valence-electron chi connectivity index (χ0n) is 12.5. The second-order valence-corrected chi connectivity index (χ2v) is 5.98. The van der Waals surface area contributed by atoms with Gasteiger partial charge in [0.2, 0.25) is 0 Å². The summed E-state index contributed by atoms with van der Waals surface area (Å²) in [6, 6.07) is 7.72. The molecule has 3 N–H and O–H groups in total. The van der Waals surface area contributed by atoms with Crippen LogP contribution in [0.25, 0.3) is 0 Å². The highest BCUT2D eigenvalue weighted by Gasteiger charge is 2.40. The number of amides is 2. The number of hydrogen-bond donors (Lipinski definition) is 3. The number of carbonyl (C=O) groups excluding carboxylic acids is 2. The fraction of sp³-hybridized carbons (Fsp3) is 0.500. The predicted molar refractivity (Wildman–Crippen MR) is 79.4 cm³/mol. The van der Waals surface area contributed by atoms with Gasteiger partial charge >= 0.3 is 11.8 Å². The van der Waals surface area contributed by atoms with E-state index in [1.165, 1.54) is 0 Å². The number of aliphatic hydroxyl groups is 1. The van der Waals surface area contributed by atoms with E-state index >= 15 is 0 Å². The fourth-order valence-electron chi connectivity index (χ4n) is 2.16. The molecule has 0 saturated heterocycles. The summed E-state index contributed by atoms with van der Waals surface area (Å²) in [4.78, 5) is 23.4. The van der Waals surface area contributed by atoms with Crippen molar-refractivity contribution in [3.8, 4) is 0 Å². The molecule has 1 fully saturated rings. The van der Waals surface area contributed by atoms with Crippen molar-refractivity contribution < 1.29 is 14.7 Å². The number of nitrogens with one attached hydrogen (secondary N) is 2. The van der Waals surface area contributed by atoms with Crippen LogP contribution in [-0.4, -0.2) is 29.1 Å². The Balaban J connectivity index is 1.74. The summed E-state index contributed by atoms with van der Waals surface area (Å²) in [7, 11) is 0. The van der Waals surface area contributed by atoms with Gasteiger partial charge in [0.25, 0.3) is 0 Å². The van der Waals surface area contributed by atoms with Gasteiger partial charge in [-0.25, -0.2) is 0 Å². The van der Waals surface area contributed by atoms with E-state index in [1.807, 2.05) is 31.2 Å². The highest BCUT2D eigenvalue weighted by atomic mass is 16.3. The Hall–Kier alpha value is -1.88. The van der Waals surface area contributed by atoms with Crippen LogP contribution >= 0.6 is 0 Å². The number of rotatable bonds is 5. The zero-order valence-corrected chi connectivity index (χ0v) is 12.5. The van der Waals surface area contributed by atoms with Crippen molar-refractivity contribution in [3.63, 3.8) is 0 Å². The molecular weight excluding hydrogens is 268 g/mol. The molecule has 5 heteroatoms. The van der Waals surface area contributed by atoms with Crippen molar-refractivity contribution in [3.05, 3.63) is 35.4 Å². The van der Waals surface area contributed by atoms with E-state index in [9.17, 15) is 14.7 Å². The maximum absolute atomic E-state index is 11.7. The van der Waals surface area contributed by atoms with Gasteiger partial charge in [-0.1, -0.05) is 29.8 Å². The molecule has 0 bridgehead atoms. The van der Waals surface area contributed by atoms with Crippen molar-refractivity contribution in [2.24, 2.45) is 5.92 Å². The first-order valence-corrected chi connectivity index (χ1v) is 7.22. The summed E-state index contributed by atoms with van der Waals surface area (Å²) in [6.07, 6.45) is 1.95. The second kappa shape index (κ2) is 6.26. The van der Waals surface area contributed by atoms with E-state index in [4.69, 9.17) is 0 Å². The molecule has 1 saturated carbocycles. The zero-order chi connectivity index (χ0) is 15.5. The molecule has 1 atom stereocenters. The minimum absolute atomic E-state index is 0.106. The van der Waals surface area contributed by atoms with Gasteiger partial charge in [0.05, 0.1) is 5.60 Å². The summed E-state index contributed by atoms with van der Waals surface area (Å²) >= 11 is 0. The van der Waals surface area contributed by atoms with Crippen LogP contribution in [0.5, 0.6) is 0 Å². The van der Waals surface area contributed by atoms with Gasteiger partial charge in [0.15, 0.2) is 0 Å². The van der Waals surface area contributed by atoms with Crippen LogP contribution in [0.1, 0.15) is 30.9 Å². The monoisotopic (exact) mass is 290 g/mol. The number of aryl methyl sites for hydroxylation is 1. The van der Waals surface area contributed by atoms with Crippen molar-refractivity contribution in [2.45, 2.75) is 38.8 Å². The Bertz CT molecular complexity index is 519. The summed E-state index contributed by atoms with van der Waals surface area (Å²) in [6.45, 7) is 4.09. The molecule has 0 radical (unpaired) electrons. The van der Waals surface area contributed by atoms with Crippen LogP contribution in [0, 0.1) is 12.8 Å². The van der Waals surface area contributed by atoms with Crippen LogP contribution in [0.15, 0.2) is 24.3 Å². The minimum Gasteiger partial charge on any atom is -0.388 e. The topological polar surface area (TPSA) is 78.4 Å². The lowest BCUT2D eigenvalue weighted by atomic mass is 10.0. The Labute approximate surface area is 124 Å². The summed E-state index contributed by atoms with van der Waals surface area (Å²) in [5, 5.41) is 15.1. The SMILES string of the molecule is Cc1ccc(CNC(=O)C(=O)NCC(C)(O)C2CC2)cc1. The van der Waals surface area contributed by atoms with Gasteiger partial charge in [0.1, 0.15) is 0 Å². The van der Waals surface area contributed by atoms with Crippen molar-refractivity contribution in [2.75, 3.05) is 6.54 Å². The van der Waals surface area contributed by atoms with Crippen LogP contribution in [0.4, 0.5) is 0 Å². The molecule has 1 aliphatic carbocycles. The van der Waals surface area contributed by atoms with Crippen molar-refractivity contribution in [1.29, 1.82) is 0 Å². The Morgan fingerprint density at radius 2 is 1.76 bits per heavy atom. The van der Waals surface area contributed by atoms with Gasteiger partial charge < -0.3 is 15.7 Å². The minimum atomic E-state index is -0.924. The molecule has 1 aromatic rings. The van der Waals surface area contributed by atoms with Crippen LogP contribution in [-0.2, 0) is 16.1 Å². The standard InChI is InChI=1S/C16H22N2O3/c1-11-3-5-12(6-4-11)9-17-14(19)15(20)18-10-16(2,21)13-7-8-13/h3-6,13,21H,7-10H2,1-2H3,(H,17,19)(H,18,20). The van der Waals surface area contributed by atoms with Crippen LogP contribution in [0.3, 0.4) is 0 Å². The third-order valence-corrected chi connectivity index (χ3v) is 3.84. The average molecular weight is 290 g/mol. The van der Waals surface area contributed by atoms with Gasteiger partial charge in [-0.3, -0.25) is 9.59 Å². The molecule has 2 amide bonds. The fourth-order valence-corrected chi connectivity index (χ4v) is 2.16. The average Bonchev–Trinajstić information content (AvgIpc) is 3.29. The first-order valence-electron chi connectivity index (χ1n) is 7.22. The number of carbonyl (C=O) groups is 2. The van der Waals surface area contributed by atoms with E-state index in [0.717, 1.165) is 24.0 Å². The highest BCUT2D eigenvalue weighted by Crippen LogP contribution is 2.38. The first kappa shape index (κ1) is 15.5. The summed E-state index contributed by atoms with van der Waals surface area (Å²) < 4.78 is 0. The molecule has 1 aromatic carbocycles. The summed E-state index contributed by atoms with van der Waals surface area (Å²) in [5.74, 6) is -1.15. The van der Waals surface area contributed by atoms with E-state index < -0.39 is 17.4 Å². The molecule has 5 nitrogen and oxygen atoms in total.